The van der Waals surface area contributed by atoms with E-state index in [0.29, 0.717) is 11.4 Å². The Labute approximate surface area is 174 Å². The zero-order valence-electron chi connectivity index (χ0n) is 13.3. The van der Waals surface area contributed by atoms with E-state index in [1.165, 1.54) is 19.4 Å². The molecule has 25 heavy (non-hydrogen) atoms. The molecule has 0 amide bonds. The Morgan fingerprint density at radius 3 is 2.64 bits per heavy atom. The molecular formula is C15H11BrFN2NaO4S. The summed E-state index contributed by atoms with van der Waals surface area (Å²) in [5, 5.41) is 12.7. The Balaban J connectivity index is 0.00000312. The molecule has 10 heteroatoms. The SMILES string of the molecule is COc1ccc(/C=C/S(=O)(=O)/N=C(\[O-])c2ccc(F)cc2Br)cn1.[Na+]. The molecule has 0 aliphatic carbocycles. The third-order valence-electron chi connectivity index (χ3n) is 2.77. The Hall–Kier alpha value is -1.26. The molecule has 0 radical (unpaired) electrons. The summed E-state index contributed by atoms with van der Waals surface area (Å²) in [4.78, 5) is 3.92. The van der Waals surface area contributed by atoms with Gasteiger partial charge in [0.1, 0.15) is 5.82 Å². The average molecular weight is 437 g/mol. The van der Waals surface area contributed by atoms with Crippen molar-refractivity contribution in [3.8, 4) is 5.88 Å². The molecule has 0 bridgehead atoms. The summed E-state index contributed by atoms with van der Waals surface area (Å²) in [5.74, 6) is -1.18. The fourth-order valence-electron chi connectivity index (χ4n) is 1.63. The molecule has 0 N–H and O–H groups in total. The number of sulfonamides is 1. The minimum absolute atomic E-state index is 0. The molecule has 0 aliphatic rings. The van der Waals surface area contributed by atoms with Crippen molar-refractivity contribution in [2.24, 2.45) is 4.40 Å². The minimum Gasteiger partial charge on any atom is -0.858 e. The summed E-state index contributed by atoms with van der Waals surface area (Å²) in [7, 11) is -2.69. The van der Waals surface area contributed by atoms with E-state index in [9.17, 15) is 17.9 Å². The number of methoxy groups -OCH3 is 1. The van der Waals surface area contributed by atoms with Gasteiger partial charge in [-0.15, -0.1) is 0 Å². The molecule has 1 aromatic heterocycles. The van der Waals surface area contributed by atoms with Crippen LogP contribution in [0.5, 0.6) is 5.88 Å². The fourth-order valence-corrected chi connectivity index (χ4v) is 2.87. The summed E-state index contributed by atoms with van der Waals surface area (Å²) >= 11 is 2.99. The van der Waals surface area contributed by atoms with Crippen LogP contribution in [0.25, 0.3) is 6.08 Å². The molecule has 126 valence electrons. The number of hydrogen-bond acceptors (Lipinski definition) is 5. The molecule has 0 saturated heterocycles. The van der Waals surface area contributed by atoms with Crippen molar-refractivity contribution < 1.29 is 52.2 Å². The van der Waals surface area contributed by atoms with Gasteiger partial charge in [0.05, 0.1) is 12.5 Å². The van der Waals surface area contributed by atoms with Gasteiger partial charge in [0, 0.05) is 28.2 Å². The average Bonchev–Trinajstić information content (AvgIpc) is 2.53. The van der Waals surface area contributed by atoms with Crippen LogP contribution in [0.4, 0.5) is 4.39 Å². The fraction of sp³-hybridized carbons (Fsp3) is 0.0667. The number of hydrogen-bond donors (Lipinski definition) is 0. The van der Waals surface area contributed by atoms with E-state index in [1.807, 2.05) is 0 Å². The summed E-state index contributed by atoms with van der Waals surface area (Å²) in [6, 6.07) is 6.39. The van der Waals surface area contributed by atoms with Gasteiger partial charge < -0.3 is 9.84 Å². The molecule has 2 aromatic rings. The Morgan fingerprint density at radius 1 is 1.36 bits per heavy atom. The van der Waals surface area contributed by atoms with Crippen molar-refractivity contribution in [3.05, 3.63) is 63.4 Å². The van der Waals surface area contributed by atoms with Crippen LogP contribution in [0.3, 0.4) is 0 Å². The number of nitrogens with zero attached hydrogens (tertiary/aromatic N) is 2. The van der Waals surface area contributed by atoms with Gasteiger partial charge in [-0.1, -0.05) is 15.9 Å². The maximum Gasteiger partial charge on any atom is 1.00 e. The van der Waals surface area contributed by atoms with E-state index in [0.717, 1.165) is 23.6 Å². The monoisotopic (exact) mass is 436 g/mol. The molecule has 0 unspecified atom stereocenters. The zero-order chi connectivity index (χ0) is 17.7. The number of benzene rings is 1. The Morgan fingerprint density at radius 2 is 2.08 bits per heavy atom. The molecule has 0 spiro atoms. The minimum atomic E-state index is -4.15. The maximum atomic E-state index is 13.0. The second-order valence-electron chi connectivity index (χ2n) is 4.47. The summed E-state index contributed by atoms with van der Waals surface area (Å²) in [6.45, 7) is 0. The van der Waals surface area contributed by atoms with Gasteiger partial charge in [-0.05, 0) is 35.9 Å². The topological polar surface area (TPSA) is 91.7 Å². The van der Waals surface area contributed by atoms with E-state index in [1.54, 1.807) is 12.1 Å². The standard InChI is InChI=1S/C15H12BrFN2O4S.Na/c1-23-14-5-2-10(9-18-14)6-7-24(21,22)19-15(20)12-4-3-11(17)8-13(12)16;/h2-9H,1H3,(H,19,20);/q;+1/p-1/b7-6+;. The van der Waals surface area contributed by atoms with Crippen LogP contribution in [0.1, 0.15) is 11.1 Å². The van der Waals surface area contributed by atoms with Crippen LogP contribution in [0, 0.1) is 5.82 Å². The Bertz CT molecular complexity index is 902. The van der Waals surface area contributed by atoms with Crippen molar-refractivity contribution in [2.75, 3.05) is 7.11 Å². The first-order valence-corrected chi connectivity index (χ1v) is 8.76. The number of ether oxygens (including phenoxy) is 1. The summed E-state index contributed by atoms with van der Waals surface area (Å²) in [6.07, 6.45) is 2.65. The van der Waals surface area contributed by atoms with Crippen LogP contribution in [0.15, 0.2) is 50.8 Å². The van der Waals surface area contributed by atoms with Crippen molar-refractivity contribution in [1.29, 1.82) is 0 Å². The molecule has 0 fully saturated rings. The maximum absolute atomic E-state index is 13.0. The van der Waals surface area contributed by atoms with Crippen LogP contribution in [0.2, 0.25) is 0 Å². The predicted octanol–water partition coefficient (Wildman–Crippen LogP) is -0.897. The third kappa shape index (κ3) is 6.52. The molecule has 1 aromatic carbocycles. The zero-order valence-corrected chi connectivity index (χ0v) is 17.7. The largest absolute Gasteiger partial charge is 1.00 e. The van der Waals surface area contributed by atoms with Gasteiger partial charge in [-0.3, -0.25) is 0 Å². The van der Waals surface area contributed by atoms with Crippen LogP contribution in [-0.2, 0) is 10.0 Å². The van der Waals surface area contributed by atoms with E-state index in [2.05, 4.69) is 25.3 Å². The van der Waals surface area contributed by atoms with E-state index < -0.39 is 21.7 Å². The number of aromatic nitrogens is 1. The molecule has 0 atom stereocenters. The first-order chi connectivity index (χ1) is 11.3. The normalized spacial score (nSPS) is 12.0. The second-order valence-corrected chi connectivity index (χ2v) is 6.81. The van der Waals surface area contributed by atoms with Gasteiger partial charge in [0.25, 0.3) is 10.0 Å². The molecule has 0 saturated carbocycles. The third-order valence-corrected chi connectivity index (χ3v) is 4.33. The van der Waals surface area contributed by atoms with Gasteiger partial charge >= 0.3 is 29.6 Å². The molecular weight excluding hydrogens is 426 g/mol. The van der Waals surface area contributed by atoms with Crippen molar-refractivity contribution in [3.63, 3.8) is 0 Å². The number of halogens is 2. The number of pyridine rings is 1. The van der Waals surface area contributed by atoms with Crippen LogP contribution < -0.4 is 39.4 Å². The number of rotatable bonds is 5. The molecule has 0 aliphatic heterocycles. The van der Waals surface area contributed by atoms with Gasteiger partial charge in [-0.2, -0.15) is 12.8 Å². The van der Waals surface area contributed by atoms with Gasteiger partial charge in [0.2, 0.25) is 5.88 Å². The first kappa shape index (κ1) is 21.8. The van der Waals surface area contributed by atoms with Gasteiger partial charge in [-0.25, -0.2) is 9.37 Å². The second kappa shape index (κ2) is 9.44. The van der Waals surface area contributed by atoms with Crippen molar-refractivity contribution in [2.45, 2.75) is 0 Å². The Kier molecular flexibility index (Phi) is 8.23. The van der Waals surface area contributed by atoms with E-state index in [-0.39, 0.29) is 39.6 Å². The summed E-state index contributed by atoms with van der Waals surface area (Å²) in [5.41, 5.74) is 0.435. The van der Waals surface area contributed by atoms with Crippen molar-refractivity contribution >= 4 is 37.9 Å². The van der Waals surface area contributed by atoms with Crippen LogP contribution in [-0.4, -0.2) is 26.4 Å². The predicted molar refractivity (Wildman–Crippen MR) is 89.4 cm³/mol. The molecule has 1 heterocycles. The quantitative estimate of drug-likeness (QED) is 0.344. The smallest absolute Gasteiger partial charge is 0.858 e. The molecule has 2 rings (SSSR count). The van der Waals surface area contributed by atoms with Crippen molar-refractivity contribution in [1.82, 2.24) is 4.98 Å². The molecule has 6 nitrogen and oxygen atoms in total. The first-order valence-electron chi connectivity index (χ1n) is 6.46. The van der Waals surface area contributed by atoms with E-state index >= 15 is 0 Å². The summed E-state index contributed by atoms with van der Waals surface area (Å²) < 4.78 is 44.9. The van der Waals surface area contributed by atoms with Crippen LogP contribution >= 0.6 is 15.9 Å². The van der Waals surface area contributed by atoms with E-state index in [4.69, 9.17) is 4.74 Å². The van der Waals surface area contributed by atoms with Gasteiger partial charge in [0.15, 0.2) is 0 Å².